The molecule has 0 heterocycles. The third kappa shape index (κ3) is 7.64. The lowest BCUT2D eigenvalue weighted by atomic mass is 10.0. The van der Waals surface area contributed by atoms with E-state index < -0.39 is 0 Å². The summed E-state index contributed by atoms with van der Waals surface area (Å²) in [6, 6.07) is 9.51. The highest BCUT2D eigenvalue weighted by atomic mass is 32.2. The number of thioether (sulfide) groups is 1. The standard InChI is InChI=1S/C17H29NS/c1-5-18-16(8-6-7-14(2)3)13-19-17-11-9-15(4)10-12-17/h9-12,14,16,18H,5-8,13H2,1-4H3. The molecule has 1 N–H and O–H groups in total. The van der Waals surface area contributed by atoms with Gasteiger partial charge in [0, 0.05) is 16.7 Å². The van der Waals surface area contributed by atoms with Crippen LogP contribution < -0.4 is 5.32 Å². The molecule has 0 aliphatic rings. The lowest BCUT2D eigenvalue weighted by Gasteiger charge is -2.18. The van der Waals surface area contributed by atoms with Gasteiger partial charge in [-0.05, 0) is 37.9 Å². The van der Waals surface area contributed by atoms with E-state index in [0.717, 1.165) is 12.5 Å². The van der Waals surface area contributed by atoms with Gasteiger partial charge < -0.3 is 5.32 Å². The van der Waals surface area contributed by atoms with Crippen molar-refractivity contribution >= 4 is 11.8 Å². The summed E-state index contributed by atoms with van der Waals surface area (Å²) in [6.45, 7) is 10.0. The molecule has 108 valence electrons. The van der Waals surface area contributed by atoms with Crippen LogP contribution in [0, 0.1) is 12.8 Å². The topological polar surface area (TPSA) is 12.0 Å². The van der Waals surface area contributed by atoms with Gasteiger partial charge >= 0.3 is 0 Å². The summed E-state index contributed by atoms with van der Waals surface area (Å²) in [4.78, 5) is 1.39. The smallest absolute Gasteiger partial charge is 0.0161 e. The maximum Gasteiger partial charge on any atom is 0.0161 e. The van der Waals surface area contributed by atoms with Crippen LogP contribution in [0.5, 0.6) is 0 Å². The molecule has 0 saturated heterocycles. The van der Waals surface area contributed by atoms with Crippen LogP contribution in [0.3, 0.4) is 0 Å². The van der Waals surface area contributed by atoms with Crippen LogP contribution in [-0.4, -0.2) is 18.3 Å². The molecule has 0 fully saturated rings. The number of hydrogen-bond acceptors (Lipinski definition) is 2. The molecule has 1 rings (SSSR count). The fraction of sp³-hybridized carbons (Fsp3) is 0.647. The van der Waals surface area contributed by atoms with E-state index >= 15 is 0 Å². The zero-order valence-electron chi connectivity index (χ0n) is 12.9. The molecular weight excluding hydrogens is 250 g/mol. The Balaban J connectivity index is 2.33. The van der Waals surface area contributed by atoms with Gasteiger partial charge in [-0.25, -0.2) is 0 Å². The van der Waals surface area contributed by atoms with E-state index in [1.807, 2.05) is 11.8 Å². The summed E-state index contributed by atoms with van der Waals surface area (Å²) in [5.74, 6) is 2.00. The van der Waals surface area contributed by atoms with Crippen LogP contribution >= 0.6 is 11.8 Å². The highest BCUT2D eigenvalue weighted by Crippen LogP contribution is 2.21. The molecule has 1 aromatic carbocycles. The quantitative estimate of drug-likeness (QED) is 0.646. The van der Waals surface area contributed by atoms with E-state index in [-0.39, 0.29) is 0 Å². The first-order valence-electron chi connectivity index (χ1n) is 7.54. The molecule has 0 aliphatic carbocycles. The molecule has 1 nitrogen and oxygen atoms in total. The molecule has 0 spiro atoms. The molecule has 1 aromatic rings. The first-order valence-corrected chi connectivity index (χ1v) is 8.53. The largest absolute Gasteiger partial charge is 0.313 e. The first-order chi connectivity index (χ1) is 9.11. The second kappa shape index (κ2) is 9.44. The normalized spacial score (nSPS) is 12.9. The zero-order chi connectivity index (χ0) is 14.1. The minimum absolute atomic E-state index is 0.648. The molecule has 0 aliphatic heterocycles. The van der Waals surface area contributed by atoms with Gasteiger partial charge in [-0.15, -0.1) is 11.8 Å². The number of aryl methyl sites for hydroxylation is 1. The van der Waals surface area contributed by atoms with E-state index in [9.17, 15) is 0 Å². The minimum Gasteiger partial charge on any atom is -0.313 e. The third-order valence-electron chi connectivity index (χ3n) is 3.30. The van der Waals surface area contributed by atoms with Crippen LogP contribution in [0.2, 0.25) is 0 Å². The van der Waals surface area contributed by atoms with Crippen LogP contribution in [-0.2, 0) is 0 Å². The second-order valence-corrected chi connectivity index (χ2v) is 6.80. The van der Waals surface area contributed by atoms with Gasteiger partial charge in [0.2, 0.25) is 0 Å². The molecule has 1 atom stereocenters. The van der Waals surface area contributed by atoms with Crippen molar-refractivity contribution < 1.29 is 0 Å². The summed E-state index contributed by atoms with van der Waals surface area (Å²) >= 11 is 1.97. The Bertz CT molecular complexity index is 332. The molecule has 0 aromatic heterocycles. The van der Waals surface area contributed by atoms with Crippen LogP contribution in [0.25, 0.3) is 0 Å². The third-order valence-corrected chi connectivity index (χ3v) is 4.47. The van der Waals surface area contributed by atoms with Crippen molar-refractivity contribution in [3.05, 3.63) is 29.8 Å². The number of benzene rings is 1. The summed E-state index contributed by atoms with van der Waals surface area (Å²) in [5.41, 5.74) is 1.34. The number of rotatable bonds is 9. The van der Waals surface area contributed by atoms with Crippen LogP contribution in [0.15, 0.2) is 29.2 Å². The summed E-state index contributed by atoms with van der Waals surface area (Å²) < 4.78 is 0. The minimum atomic E-state index is 0.648. The van der Waals surface area contributed by atoms with Gasteiger partial charge in [0.05, 0.1) is 0 Å². The SMILES string of the molecule is CCNC(CCCC(C)C)CSc1ccc(C)cc1. The fourth-order valence-electron chi connectivity index (χ4n) is 2.14. The maximum atomic E-state index is 3.62. The van der Waals surface area contributed by atoms with Crippen molar-refractivity contribution in [1.82, 2.24) is 5.32 Å². The summed E-state index contributed by atoms with van der Waals surface area (Å²) in [5, 5.41) is 3.62. The van der Waals surface area contributed by atoms with Crippen molar-refractivity contribution in [2.75, 3.05) is 12.3 Å². The Morgan fingerprint density at radius 3 is 2.37 bits per heavy atom. The van der Waals surface area contributed by atoms with Crippen molar-refractivity contribution in [2.45, 2.75) is 57.9 Å². The van der Waals surface area contributed by atoms with E-state index in [2.05, 4.69) is 57.3 Å². The number of nitrogens with one attached hydrogen (secondary N) is 1. The monoisotopic (exact) mass is 279 g/mol. The Morgan fingerprint density at radius 2 is 1.79 bits per heavy atom. The molecule has 0 amide bonds. The van der Waals surface area contributed by atoms with Gasteiger partial charge in [0.1, 0.15) is 0 Å². The fourth-order valence-corrected chi connectivity index (χ4v) is 3.14. The second-order valence-electron chi connectivity index (χ2n) is 5.70. The van der Waals surface area contributed by atoms with Gasteiger partial charge in [-0.2, -0.15) is 0 Å². The highest BCUT2D eigenvalue weighted by Gasteiger charge is 2.08. The predicted molar refractivity (Wildman–Crippen MR) is 88.1 cm³/mol. The Morgan fingerprint density at radius 1 is 1.11 bits per heavy atom. The van der Waals surface area contributed by atoms with Crippen LogP contribution in [0.4, 0.5) is 0 Å². The number of hydrogen-bond donors (Lipinski definition) is 1. The van der Waals surface area contributed by atoms with Gasteiger partial charge in [-0.1, -0.05) is 51.3 Å². The first kappa shape index (κ1) is 16.6. The van der Waals surface area contributed by atoms with E-state index in [0.29, 0.717) is 6.04 Å². The van der Waals surface area contributed by atoms with Crippen molar-refractivity contribution in [3.8, 4) is 0 Å². The highest BCUT2D eigenvalue weighted by molar-refractivity contribution is 7.99. The van der Waals surface area contributed by atoms with E-state index in [1.54, 1.807) is 0 Å². The predicted octanol–water partition coefficient (Wildman–Crippen LogP) is 4.89. The molecule has 0 saturated carbocycles. The zero-order valence-corrected chi connectivity index (χ0v) is 13.7. The lowest BCUT2D eigenvalue weighted by Crippen LogP contribution is -2.31. The van der Waals surface area contributed by atoms with Gasteiger partial charge in [-0.3, -0.25) is 0 Å². The average molecular weight is 279 g/mol. The summed E-state index contributed by atoms with van der Waals surface area (Å²) in [7, 11) is 0. The lowest BCUT2D eigenvalue weighted by molar-refractivity contribution is 0.469. The Hall–Kier alpha value is -0.470. The molecular formula is C17H29NS. The van der Waals surface area contributed by atoms with Crippen molar-refractivity contribution in [1.29, 1.82) is 0 Å². The maximum absolute atomic E-state index is 3.62. The van der Waals surface area contributed by atoms with Crippen molar-refractivity contribution in [3.63, 3.8) is 0 Å². The van der Waals surface area contributed by atoms with E-state index in [4.69, 9.17) is 0 Å². The Labute approximate surface area is 123 Å². The molecule has 1 unspecified atom stereocenters. The molecule has 19 heavy (non-hydrogen) atoms. The van der Waals surface area contributed by atoms with Gasteiger partial charge in [0.15, 0.2) is 0 Å². The molecule has 2 heteroatoms. The van der Waals surface area contributed by atoms with Crippen molar-refractivity contribution in [2.24, 2.45) is 5.92 Å². The van der Waals surface area contributed by atoms with Gasteiger partial charge in [0.25, 0.3) is 0 Å². The molecule has 0 bridgehead atoms. The molecule has 0 radical (unpaired) electrons. The Kier molecular flexibility index (Phi) is 8.24. The average Bonchev–Trinajstić information content (AvgIpc) is 2.37. The van der Waals surface area contributed by atoms with Crippen LogP contribution in [0.1, 0.15) is 45.6 Å². The van der Waals surface area contributed by atoms with E-state index in [1.165, 1.54) is 35.5 Å². The summed E-state index contributed by atoms with van der Waals surface area (Å²) in [6.07, 6.45) is 3.98.